The summed E-state index contributed by atoms with van der Waals surface area (Å²) in [5, 5.41) is 15.9. The Morgan fingerprint density at radius 3 is 2.95 bits per heavy atom. The molecule has 21 heavy (non-hydrogen) atoms. The number of aryl methyl sites for hydroxylation is 2. The first-order chi connectivity index (χ1) is 10.1. The molecule has 9 heteroatoms. The Morgan fingerprint density at radius 1 is 1.57 bits per heavy atom. The smallest absolute Gasteiger partial charge is 0.231 e. The second kappa shape index (κ2) is 7.53. The lowest BCUT2D eigenvalue weighted by Crippen LogP contribution is -2.33. The molecule has 0 aliphatic rings. The molecule has 0 aromatic carbocycles. The molecule has 2 heterocycles. The van der Waals surface area contributed by atoms with Crippen LogP contribution in [0, 0.1) is 6.92 Å². The van der Waals surface area contributed by atoms with E-state index < -0.39 is 0 Å². The summed E-state index contributed by atoms with van der Waals surface area (Å²) in [5.41, 5.74) is 0.905. The van der Waals surface area contributed by atoms with Gasteiger partial charge in [-0.3, -0.25) is 9.48 Å². The Labute approximate surface area is 131 Å². The number of rotatable bonds is 7. The Balaban J connectivity index is 1.91. The molecular weight excluding hydrogens is 310 g/mol. The highest BCUT2D eigenvalue weighted by Gasteiger charge is 2.18. The third-order valence-electron chi connectivity index (χ3n) is 2.72. The van der Waals surface area contributed by atoms with Crippen LogP contribution in [0.25, 0.3) is 0 Å². The summed E-state index contributed by atoms with van der Waals surface area (Å²) in [5.74, 6) is 0.225. The van der Waals surface area contributed by atoms with Gasteiger partial charge in [-0.05, 0) is 13.0 Å². The first-order valence-corrected chi connectivity index (χ1v) is 8.09. The quantitative estimate of drug-likeness (QED) is 0.769. The number of nitrogens with one attached hydrogen (secondary N) is 1. The van der Waals surface area contributed by atoms with Crippen molar-refractivity contribution < 1.29 is 9.53 Å². The summed E-state index contributed by atoms with van der Waals surface area (Å²) in [6, 6.07) is 1.65. The molecule has 2 aromatic heterocycles. The van der Waals surface area contributed by atoms with Gasteiger partial charge in [0.15, 0.2) is 4.34 Å². The SMILES string of the molecule is COC[C@H](NC(=O)CSc1nnc(C)s1)c1ccnn1C. The lowest BCUT2D eigenvalue weighted by Gasteiger charge is -2.18. The molecule has 0 spiro atoms. The standard InChI is InChI=1S/C12H17N5O2S2/c1-8-15-16-12(21-8)20-7-11(18)14-9(6-19-3)10-4-5-13-17(10)2/h4-5,9H,6-7H2,1-3H3,(H,14,18)/t9-/m0/s1. The van der Waals surface area contributed by atoms with E-state index in [1.807, 2.05) is 20.0 Å². The van der Waals surface area contributed by atoms with E-state index in [0.29, 0.717) is 12.4 Å². The number of carbonyl (C=O) groups excluding carboxylic acids is 1. The predicted molar refractivity (Wildman–Crippen MR) is 81.3 cm³/mol. The lowest BCUT2D eigenvalue weighted by molar-refractivity contribution is -0.119. The molecule has 0 bridgehead atoms. The van der Waals surface area contributed by atoms with Gasteiger partial charge in [0.1, 0.15) is 5.01 Å². The van der Waals surface area contributed by atoms with Gasteiger partial charge in [-0.1, -0.05) is 23.1 Å². The van der Waals surface area contributed by atoms with Gasteiger partial charge in [0.2, 0.25) is 5.91 Å². The largest absolute Gasteiger partial charge is 0.382 e. The van der Waals surface area contributed by atoms with Crippen molar-refractivity contribution >= 4 is 29.0 Å². The van der Waals surface area contributed by atoms with Crippen LogP contribution in [0.15, 0.2) is 16.6 Å². The number of carbonyl (C=O) groups is 1. The maximum Gasteiger partial charge on any atom is 0.231 e. The fraction of sp³-hybridized carbons (Fsp3) is 0.500. The molecule has 2 aromatic rings. The van der Waals surface area contributed by atoms with Gasteiger partial charge in [-0.15, -0.1) is 10.2 Å². The Bertz CT molecular complexity index is 598. The zero-order valence-electron chi connectivity index (χ0n) is 12.1. The van der Waals surface area contributed by atoms with Crippen molar-refractivity contribution in [2.45, 2.75) is 17.3 Å². The second-order valence-corrected chi connectivity index (χ2v) is 6.73. The summed E-state index contributed by atoms with van der Waals surface area (Å²) in [6.45, 7) is 2.28. The highest BCUT2D eigenvalue weighted by atomic mass is 32.2. The van der Waals surface area contributed by atoms with Gasteiger partial charge >= 0.3 is 0 Å². The first kappa shape index (κ1) is 15.9. The molecule has 0 aliphatic carbocycles. The normalized spacial score (nSPS) is 12.3. The minimum atomic E-state index is -0.216. The molecule has 0 saturated heterocycles. The van der Waals surface area contributed by atoms with Crippen molar-refractivity contribution in [3.63, 3.8) is 0 Å². The maximum atomic E-state index is 12.1. The van der Waals surface area contributed by atoms with Crippen LogP contribution in [0.4, 0.5) is 0 Å². The number of hydrogen-bond acceptors (Lipinski definition) is 7. The van der Waals surface area contributed by atoms with Gasteiger partial charge < -0.3 is 10.1 Å². The highest BCUT2D eigenvalue weighted by Crippen LogP contribution is 2.21. The molecule has 0 saturated carbocycles. The molecule has 0 unspecified atom stereocenters. The molecule has 0 radical (unpaired) electrons. The number of thioether (sulfide) groups is 1. The minimum absolute atomic E-state index is 0.0731. The first-order valence-electron chi connectivity index (χ1n) is 6.29. The van der Waals surface area contributed by atoms with Crippen LogP contribution in [0.5, 0.6) is 0 Å². The maximum absolute atomic E-state index is 12.1. The van der Waals surface area contributed by atoms with Gasteiger partial charge in [0.05, 0.1) is 24.1 Å². The number of hydrogen-bond donors (Lipinski definition) is 1. The predicted octanol–water partition coefficient (Wildman–Crippen LogP) is 1.18. The van der Waals surface area contributed by atoms with Crippen LogP contribution in [-0.4, -0.2) is 45.4 Å². The van der Waals surface area contributed by atoms with Gasteiger partial charge in [-0.2, -0.15) is 5.10 Å². The number of nitrogens with zero attached hydrogens (tertiary/aromatic N) is 4. The Hall–Kier alpha value is -1.45. The van der Waals surface area contributed by atoms with Gasteiger partial charge in [-0.25, -0.2) is 0 Å². The topological polar surface area (TPSA) is 81.9 Å². The fourth-order valence-electron chi connectivity index (χ4n) is 1.79. The number of methoxy groups -OCH3 is 1. The number of ether oxygens (including phenoxy) is 1. The second-order valence-electron chi connectivity index (χ2n) is 4.33. The zero-order valence-corrected chi connectivity index (χ0v) is 13.7. The molecule has 1 atom stereocenters. The average Bonchev–Trinajstić information content (AvgIpc) is 3.05. The van der Waals surface area contributed by atoms with Crippen molar-refractivity contribution in [2.75, 3.05) is 19.5 Å². The fourth-order valence-corrected chi connectivity index (χ4v) is 3.42. The van der Waals surface area contributed by atoms with Crippen LogP contribution in [-0.2, 0) is 16.6 Å². The van der Waals surface area contributed by atoms with Gasteiger partial charge in [0.25, 0.3) is 0 Å². The Morgan fingerprint density at radius 2 is 2.38 bits per heavy atom. The summed E-state index contributed by atoms with van der Waals surface area (Å²) in [6.07, 6.45) is 1.70. The van der Waals surface area contributed by atoms with Crippen LogP contribution in [0.2, 0.25) is 0 Å². The van der Waals surface area contributed by atoms with Crippen molar-refractivity contribution in [3.05, 3.63) is 23.0 Å². The van der Waals surface area contributed by atoms with E-state index in [4.69, 9.17) is 4.74 Å². The monoisotopic (exact) mass is 327 g/mol. The van der Waals surface area contributed by atoms with Crippen LogP contribution in [0.3, 0.4) is 0 Å². The van der Waals surface area contributed by atoms with E-state index in [-0.39, 0.29) is 11.9 Å². The van der Waals surface area contributed by atoms with Crippen LogP contribution >= 0.6 is 23.1 Å². The number of amides is 1. The zero-order chi connectivity index (χ0) is 15.2. The number of aromatic nitrogens is 4. The van der Waals surface area contributed by atoms with Crippen molar-refractivity contribution in [3.8, 4) is 0 Å². The van der Waals surface area contributed by atoms with Crippen LogP contribution < -0.4 is 5.32 Å². The molecule has 1 N–H and O–H groups in total. The summed E-state index contributed by atoms with van der Waals surface area (Å²) >= 11 is 2.86. The Kier molecular flexibility index (Phi) is 5.71. The average molecular weight is 327 g/mol. The van der Waals surface area contributed by atoms with E-state index in [2.05, 4.69) is 20.6 Å². The molecule has 114 valence electrons. The van der Waals surface area contributed by atoms with Crippen LogP contribution in [0.1, 0.15) is 16.7 Å². The van der Waals surface area contributed by atoms with E-state index >= 15 is 0 Å². The third kappa shape index (κ3) is 4.51. The molecule has 0 aliphatic heterocycles. The van der Waals surface area contributed by atoms with E-state index in [1.165, 1.54) is 23.1 Å². The molecule has 7 nitrogen and oxygen atoms in total. The highest BCUT2D eigenvalue weighted by molar-refractivity contribution is 8.01. The molecule has 2 rings (SSSR count). The van der Waals surface area contributed by atoms with Crippen molar-refractivity contribution in [1.29, 1.82) is 0 Å². The lowest BCUT2D eigenvalue weighted by atomic mass is 10.2. The van der Waals surface area contributed by atoms with E-state index in [9.17, 15) is 4.79 Å². The van der Waals surface area contributed by atoms with Crippen molar-refractivity contribution in [2.24, 2.45) is 7.05 Å². The molecule has 1 amide bonds. The van der Waals surface area contributed by atoms with Gasteiger partial charge in [0, 0.05) is 20.4 Å². The summed E-state index contributed by atoms with van der Waals surface area (Å²) in [7, 11) is 3.44. The van der Waals surface area contributed by atoms with E-state index in [1.54, 1.807) is 18.0 Å². The third-order valence-corrected chi connectivity index (χ3v) is 4.69. The minimum Gasteiger partial charge on any atom is -0.382 e. The summed E-state index contributed by atoms with van der Waals surface area (Å²) in [4.78, 5) is 12.1. The van der Waals surface area contributed by atoms with Crippen molar-refractivity contribution in [1.82, 2.24) is 25.3 Å². The molecular formula is C12H17N5O2S2. The van der Waals surface area contributed by atoms with E-state index in [0.717, 1.165) is 15.0 Å². The molecule has 0 fully saturated rings. The summed E-state index contributed by atoms with van der Waals surface area (Å²) < 4.78 is 7.69.